The van der Waals surface area contributed by atoms with E-state index in [1.54, 1.807) is 25.3 Å². The third-order valence-electron chi connectivity index (χ3n) is 4.26. The second kappa shape index (κ2) is 11.0. The third kappa shape index (κ3) is 7.04. The summed E-state index contributed by atoms with van der Waals surface area (Å²) in [5, 5.41) is 4.64. The fourth-order valence-corrected chi connectivity index (χ4v) is 2.82. The highest BCUT2D eigenvalue weighted by molar-refractivity contribution is 6.30. The quantitative estimate of drug-likeness (QED) is 0.386. The molecule has 31 heavy (non-hydrogen) atoms. The lowest BCUT2D eigenvalue weighted by molar-refractivity contribution is -0.123. The molecule has 3 aromatic carbocycles. The Balaban J connectivity index is 1.51. The van der Waals surface area contributed by atoms with E-state index in [0.717, 1.165) is 16.7 Å². The molecular weight excluding hydrogens is 416 g/mol. The number of aryl methyl sites for hydroxylation is 1. The van der Waals surface area contributed by atoms with Crippen LogP contribution < -0.4 is 19.6 Å². The van der Waals surface area contributed by atoms with E-state index in [0.29, 0.717) is 28.9 Å². The molecule has 0 bridgehead atoms. The first-order valence-electron chi connectivity index (χ1n) is 9.60. The fourth-order valence-electron chi connectivity index (χ4n) is 2.69. The van der Waals surface area contributed by atoms with Gasteiger partial charge in [0.2, 0.25) is 0 Å². The number of carbonyl (C=O) groups excluding carboxylic acids is 1. The lowest BCUT2D eigenvalue weighted by Crippen LogP contribution is -2.24. The van der Waals surface area contributed by atoms with Crippen LogP contribution in [0.3, 0.4) is 0 Å². The summed E-state index contributed by atoms with van der Waals surface area (Å²) in [6, 6.07) is 20.3. The summed E-state index contributed by atoms with van der Waals surface area (Å²) in [7, 11) is 1.57. The Morgan fingerprint density at radius 1 is 1.03 bits per heavy atom. The third-order valence-corrected chi connectivity index (χ3v) is 4.51. The minimum absolute atomic E-state index is 0.123. The molecule has 0 aliphatic carbocycles. The largest absolute Gasteiger partial charge is 0.493 e. The number of nitrogens with one attached hydrogen (secondary N) is 1. The van der Waals surface area contributed by atoms with Gasteiger partial charge in [0.05, 0.1) is 13.3 Å². The summed E-state index contributed by atoms with van der Waals surface area (Å²) in [5.41, 5.74) is 5.24. The molecule has 0 heterocycles. The molecule has 0 atom stereocenters. The van der Waals surface area contributed by atoms with Crippen LogP contribution in [0, 0.1) is 6.92 Å². The molecule has 0 fully saturated rings. The number of methoxy groups -OCH3 is 1. The summed E-state index contributed by atoms with van der Waals surface area (Å²) in [6.07, 6.45) is 1.52. The molecule has 160 valence electrons. The van der Waals surface area contributed by atoms with Crippen LogP contribution in [-0.2, 0) is 11.4 Å². The second-order valence-corrected chi connectivity index (χ2v) is 7.16. The number of rotatable bonds is 9. The van der Waals surface area contributed by atoms with Crippen LogP contribution in [0.1, 0.15) is 16.7 Å². The highest BCUT2D eigenvalue weighted by atomic mass is 35.5. The normalized spacial score (nSPS) is 10.7. The Kier molecular flexibility index (Phi) is 7.90. The van der Waals surface area contributed by atoms with E-state index in [-0.39, 0.29) is 12.5 Å². The summed E-state index contributed by atoms with van der Waals surface area (Å²) < 4.78 is 16.7. The number of halogens is 1. The first-order valence-corrected chi connectivity index (χ1v) is 9.98. The van der Waals surface area contributed by atoms with Crippen LogP contribution in [0.5, 0.6) is 17.2 Å². The molecule has 0 spiro atoms. The molecule has 0 aliphatic heterocycles. The van der Waals surface area contributed by atoms with Crippen molar-refractivity contribution in [2.75, 3.05) is 13.7 Å². The zero-order valence-corrected chi connectivity index (χ0v) is 18.1. The lowest BCUT2D eigenvalue weighted by Gasteiger charge is -2.11. The fraction of sp³-hybridized carbons (Fsp3) is 0.167. The second-order valence-electron chi connectivity index (χ2n) is 6.72. The zero-order chi connectivity index (χ0) is 22.1. The van der Waals surface area contributed by atoms with Gasteiger partial charge in [0.1, 0.15) is 12.4 Å². The van der Waals surface area contributed by atoms with Gasteiger partial charge in [-0.3, -0.25) is 4.79 Å². The van der Waals surface area contributed by atoms with Crippen molar-refractivity contribution in [2.45, 2.75) is 13.5 Å². The molecule has 6 nitrogen and oxygen atoms in total. The number of hydrogen-bond acceptors (Lipinski definition) is 5. The number of carbonyl (C=O) groups is 1. The van der Waals surface area contributed by atoms with Crippen molar-refractivity contribution in [1.29, 1.82) is 0 Å². The first-order chi connectivity index (χ1) is 15.0. The summed E-state index contributed by atoms with van der Waals surface area (Å²) >= 11 is 5.90. The maximum atomic E-state index is 11.9. The van der Waals surface area contributed by atoms with E-state index in [9.17, 15) is 4.79 Å². The monoisotopic (exact) mass is 438 g/mol. The first kappa shape index (κ1) is 22.2. The number of hydrogen-bond donors (Lipinski definition) is 1. The number of nitrogens with zero attached hydrogens (tertiary/aromatic N) is 1. The highest BCUT2D eigenvalue weighted by Gasteiger charge is 2.06. The minimum atomic E-state index is -0.354. The van der Waals surface area contributed by atoms with Crippen molar-refractivity contribution < 1.29 is 19.0 Å². The number of ether oxygens (including phenoxy) is 3. The Labute approximate surface area is 186 Å². The van der Waals surface area contributed by atoms with E-state index in [4.69, 9.17) is 25.8 Å². The molecule has 1 amide bonds. The predicted molar refractivity (Wildman–Crippen MR) is 121 cm³/mol. The van der Waals surface area contributed by atoms with E-state index in [2.05, 4.69) is 10.5 Å². The number of amides is 1. The van der Waals surface area contributed by atoms with Gasteiger partial charge in [-0.15, -0.1) is 0 Å². The van der Waals surface area contributed by atoms with Crippen molar-refractivity contribution in [3.05, 3.63) is 88.4 Å². The average molecular weight is 439 g/mol. The number of hydrazone groups is 1. The molecule has 0 radical (unpaired) electrons. The van der Waals surface area contributed by atoms with Crippen LogP contribution in [0.25, 0.3) is 0 Å². The van der Waals surface area contributed by atoms with Crippen molar-refractivity contribution in [3.8, 4) is 17.2 Å². The van der Waals surface area contributed by atoms with Crippen LogP contribution in [0.2, 0.25) is 5.02 Å². The van der Waals surface area contributed by atoms with Crippen LogP contribution in [0.4, 0.5) is 0 Å². The Bertz CT molecular complexity index is 1050. The summed E-state index contributed by atoms with van der Waals surface area (Å²) in [4.78, 5) is 11.9. The molecule has 0 aromatic heterocycles. The maximum Gasteiger partial charge on any atom is 0.277 e. The van der Waals surface area contributed by atoms with Crippen molar-refractivity contribution in [1.82, 2.24) is 5.43 Å². The van der Waals surface area contributed by atoms with E-state index in [1.807, 2.05) is 55.5 Å². The molecular formula is C24H23ClN2O4. The van der Waals surface area contributed by atoms with E-state index >= 15 is 0 Å². The zero-order valence-electron chi connectivity index (χ0n) is 17.3. The molecule has 0 unspecified atom stereocenters. The standard InChI is InChI=1S/C24H23ClN2O4/c1-17-4-3-5-21(12-17)30-16-24(28)27-26-14-19-8-11-22(23(13-19)29-2)31-15-18-6-9-20(25)10-7-18/h3-14H,15-16H2,1-2H3,(H,27,28)/b26-14+. The highest BCUT2D eigenvalue weighted by Crippen LogP contribution is 2.28. The maximum absolute atomic E-state index is 11.9. The Morgan fingerprint density at radius 3 is 2.58 bits per heavy atom. The van der Waals surface area contributed by atoms with Gasteiger partial charge in [0.15, 0.2) is 18.1 Å². The molecule has 1 N–H and O–H groups in total. The topological polar surface area (TPSA) is 69.2 Å². The van der Waals surface area contributed by atoms with Crippen molar-refractivity contribution in [3.63, 3.8) is 0 Å². The van der Waals surface area contributed by atoms with E-state index in [1.165, 1.54) is 6.21 Å². The predicted octanol–water partition coefficient (Wildman–Crippen LogP) is 4.77. The van der Waals surface area contributed by atoms with Crippen molar-refractivity contribution >= 4 is 23.7 Å². The Hall–Kier alpha value is -3.51. The van der Waals surface area contributed by atoms with Gasteiger partial charge in [-0.25, -0.2) is 5.43 Å². The van der Waals surface area contributed by atoms with Gasteiger partial charge in [-0.05, 0) is 66.1 Å². The van der Waals surface area contributed by atoms with Gasteiger partial charge >= 0.3 is 0 Å². The van der Waals surface area contributed by atoms with Gasteiger partial charge < -0.3 is 14.2 Å². The molecule has 0 aliphatic rings. The van der Waals surface area contributed by atoms with Gasteiger partial charge in [-0.2, -0.15) is 5.10 Å². The minimum Gasteiger partial charge on any atom is -0.493 e. The van der Waals surface area contributed by atoms with E-state index < -0.39 is 0 Å². The smallest absolute Gasteiger partial charge is 0.277 e. The lowest BCUT2D eigenvalue weighted by atomic mass is 10.2. The van der Waals surface area contributed by atoms with Crippen LogP contribution in [0.15, 0.2) is 71.8 Å². The summed E-state index contributed by atoms with van der Waals surface area (Å²) in [5.74, 6) is 1.45. The SMILES string of the molecule is COc1cc(/C=N/NC(=O)COc2cccc(C)c2)ccc1OCc1ccc(Cl)cc1. The van der Waals surface area contributed by atoms with Gasteiger partial charge in [-0.1, -0.05) is 35.9 Å². The van der Waals surface area contributed by atoms with Crippen LogP contribution in [-0.4, -0.2) is 25.8 Å². The molecule has 0 saturated heterocycles. The summed E-state index contributed by atoms with van der Waals surface area (Å²) in [6.45, 7) is 2.22. The molecule has 7 heteroatoms. The molecule has 3 rings (SSSR count). The van der Waals surface area contributed by atoms with Crippen molar-refractivity contribution in [2.24, 2.45) is 5.10 Å². The number of benzene rings is 3. The average Bonchev–Trinajstić information content (AvgIpc) is 2.78. The van der Waals surface area contributed by atoms with Gasteiger partial charge in [0.25, 0.3) is 5.91 Å². The molecule has 0 saturated carbocycles. The van der Waals surface area contributed by atoms with Gasteiger partial charge in [0, 0.05) is 5.02 Å². The Morgan fingerprint density at radius 2 is 1.84 bits per heavy atom. The van der Waals surface area contributed by atoms with Crippen LogP contribution >= 0.6 is 11.6 Å². The molecule has 3 aromatic rings.